The van der Waals surface area contributed by atoms with Crippen molar-refractivity contribution in [1.29, 1.82) is 0 Å². The van der Waals surface area contributed by atoms with E-state index in [1.54, 1.807) is 38.4 Å². The predicted octanol–water partition coefficient (Wildman–Crippen LogP) is 4.44. The van der Waals surface area contributed by atoms with Crippen molar-refractivity contribution in [3.8, 4) is 0 Å². The molecule has 2 rings (SSSR count). The number of benzene rings is 1. The summed E-state index contributed by atoms with van der Waals surface area (Å²) in [6.07, 6.45) is 1.86. The lowest BCUT2D eigenvalue weighted by Crippen LogP contribution is -2.22. The van der Waals surface area contributed by atoms with Crippen LogP contribution in [0.15, 0.2) is 34.9 Å². The van der Waals surface area contributed by atoms with Gasteiger partial charge in [0.2, 0.25) is 0 Å². The predicted molar refractivity (Wildman–Crippen MR) is 99.9 cm³/mol. The summed E-state index contributed by atoms with van der Waals surface area (Å²) in [5.74, 6) is -0.468. The fourth-order valence-electron chi connectivity index (χ4n) is 2.26. The van der Waals surface area contributed by atoms with Crippen LogP contribution < -0.4 is 5.32 Å². The van der Waals surface area contributed by atoms with Crippen molar-refractivity contribution in [2.24, 2.45) is 0 Å². The van der Waals surface area contributed by atoms with Gasteiger partial charge in [-0.25, -0.2) is 0 Å². The third kappa shape index (κ3) is 3.99. The molecule has 0 atom stereocenters. The smallest absolute Gasteiger partial charge is 0.272 e. The van der Waals surface area contributed by atoms with E-state index in [-0.39, 0.29) is 17.9 Å². The number of carbonyl (C=O) groups is 2. The number of nitrogens with zero attached hydrogens (tertiary/aromatic N) is 2. The van der Waals surface area contributed by atoms with Crippen LogP contribution in [0.1, 0.15) is 40.7 Å². The molecule has 7 heteroatoms. The van der Waals surface area contributed by atoms with E-state index in [0.717, 1.165) is 4.47 Å². The van der Waals surface area contributed by atoms with Gasteiger partial charge in [0.05, 0.1) is 10.6 Å². The van der Waals surface area contributed by atoms with Gasteiger partial charge in [-0.1, -0.05) is 11.6 Å². The van der Waals surface area contributed by atoms with Crippen LogP contribution >= 0.6 is 27.5 Å². The van der Waals surface area contributed by atoms with Gasteiger partial charge in [-0.3, -0.25) is 9.59 Å². The average Bonchev–Trinajstić information content (AvgIpc) is 2.90. The van der Waals surface area contributed by atoms with E-state index in [0.29, 0.717) is 22.0 Å². The number of rotatable bonds is 4. The van der Waals surface area contributed by atoms with Gasteiger partial charge in [-0.15, -0.1) is 0 Å². The van der Waals surface area contributed by atoms with Gasteiger partial charge in [0.25, 0.3) is 11.8 Å². The Labute approximate surface area is 154 Å². The lowest BCUT2D eigenvalue weighted by Gasteiger charge is -2.15. The largest absolute Gasteiger partial charge is 0.345 e. The molecule has 2 amide bonds. The molecule has 0 fully saturated rings. The van der Waals surface area contributed by atoms with Gasteiger partial charge in [-0.2, -0.15) is 0 Å². The van der Waals surface area contributed by atoms with Gasteiger partial charge < -0.3 is 14.8 Å². The lowest BCUT2D eigenvalue weighted by molar-refractivity contribution is 0.0827. The van der Waals surface area contributed by atoms with E-state index in [1.807, 2.05) is 24.6 Å². The molecule has 0 unspecified atom stereocenters. The molecule has 0 saturated heterocycles. The summed E-state index contributed by atoms with van der Waals surface area (Å²) in [5.41, 5.74) is 1.40. The number of aromatic nitrogens is 1. The third-order valence-electron chi connectivity index (χ3n) is 3.46. The molecule has 0 saturated carbocycles. The monoisotopic (exact) mass is 411 g/mol. The van der Waals surface area contributed by atoms with Gasteiger partial charge in [0, 0.05) is 36.5 Å². The second kappa shape index (κ2) is 7.40. The molecule has 0 aliphatic rings. The SMILES string of the molecule is CC(C)n1cc(Br)cc1C(=O)Nc1ccc(Cl)c(C(=O)N(C)C)c1. The zero-order valence-electron chi connectivity index (χ0n) is 13.9. The molecule has 2 aromatic rings. The number of anilines is 1. The molecular weight excluding hydrogens is 394 g/mol. The minimum absolute atomic E-state index is 0.146. The van der Waals surface area contributed by atoms with Crippen molar-refractivity contribution in [3.05, 3.63) is 51.2 Å². The molecule has 1 heterocycles. The molecule has 24 heavy (non-hydrogen) atoms. The van der Waals surface area contributed by atoms with E-state index >= 15 is 0 Å². The highest BCUT2D eigenvalue weighted by Gasteiger charge is 2.17. The molecule has 5 nitrogen and oxygen atoms in total. The first-order valence-electron chi connectivity index (χ1n) is 7.40. The van der Waals surface area contributed by atoms with Crippen molar-refractivity contribution in [2.75, 3.05) is 19.4 Å². The van der Waals surface area contributed by atoms with Gasteiger partial charge in [-0.05, 0) is 54.0 Å². The molecule has 0 aliphatic carbocycles. The van der Waals surface area contributed by atoms with Gasteiger partial charge in [0.15, 0.2) is 0 Å². The fraction of sp³-hybridized carbons (Fsp3) is 0.294. The van der Waals surface area contributed by atoms with Crippen LogP contribution in [0.5, 0.6) is 0 Å². The standard InChI is InChI=1S/C17H19BrClN3O2/c1-10(2)22-9-11(18)7-15(22)16(23)20-12-5-6-14(19)13(8-12)17(24)21(3)4/h5-10H,1-4H3,(H,20,23). The highest BCUT2D eigenvalue weighted by atomic mass is 79.9. The van der Waals surface area contributed by atoms with Crippen LogP contribution in [0.2, 0.25) is 5.02 Å². The maximum atomic E-state index is 12.6. The maximum absolute atomic E-state index is 12.6. The summed E-state index contributed by atoms with van der Waals surface area (Å²) in [7, 11) is 3.30. The Morgan fingerprint density at radius 2 is 1.92 bits per heavy atom. The Hall–Kier alpha value is -1.79. The summed E-state index contributed by atoms with van der Waals surface area (Å²) < 4.78 is 2.71. The zero-order chi connectivity index (χ0) is 18.0. The van der Waals surface area contributed by atoms with Crippen LogP contribution in [-0.2, 0) is 0 Å². The number of carbonyl (C=O) groups excluding carboxylic acids is 2. The first-order valence-corrected chi connectivity index (χ1v) is 8.57. The van der Waals surface area contributed by atoms with Crippen molar-refractivity contribution >= 4 is 45.0 Å². The Balaban J connectivity index is 2.30. The van der Waals surface area contributed by atoms with E-state index in [1.165, 1.54) is 4.90 Å². The molecule has 0 spiro atoms. The number of hydrogen-bond donors (Lipinski definition) is 1. The lowest BCUT2D eigenvalue weighted by atomic mass is 10.1. The maximum Gasteiger partial charge on any atom is 0.272 e. The van der Waals surface area contributed by atoms with E-state index in [4.69, 9.17) is 11.6 Å². The molecule has 0 radical (unpaired) electrons. The van der Waals surface area contributed by atoms with Gasteiger partial charge in [0.1, 0.15) is 5.69 Å². The Kier molecular flexibility index (Phi) is 5.72. The van der Waals surface area contributed by atoms with E-state index < -0.39 is 0 Å². The highest BCUT2D eigenvalue weighted by Crippen LogP contribution is 2.24. The third-order valence-corrected chi connectivity index (χ3v) is 4.23. The first-order chi connectivity index (χ1) is 11.2. The number of amides is 2. The molecule has 1 N–H and O–H groups in total. The molecule has 0 bridgehead atoms. The quantitative estimate of drug-likeness (QED) is 0.807. The summed E-state index contributed by atoms with van der Waals surface area (Å²) in [4.78, 5) is 26.1. The molecule has 1 aromatic heterocycles. The first kappa shape index (κ1) is 18.5. The number of halogens is 2. The molecule has 128 valence electrons. The van der Waals surface area contributed by atoms with Crippen molar-refractivity contribution in [1.82, 2.24) is 9.47 Å². The van der Waals surface area contributed by atoms with Crippen LogP contribution in [0.3, 0.4) is 0 Å². The molecule has 1 aromatic carbocycles. The molecular formula is C17H19BrClN3O2. The molecule has 0 aliphatic heterocycles. The van der Waals surface area contributed by atoms with Crippen LogP contribution in [0.4, 0.5) is 5.69 Å². The zero-order valence-corrected chi connectivity index (χ0v) is 16.3. The summed E-state index contributed by atoms with van der Waals surface area (Å²) >= 11 is 9.48. The second-order valence-electron chi connectivity index (χ2n) is 5.89. The van der Waals surface area contributed by atoms with Crippen LogP contribution in [0.25, 0.3) is 0 Å². The Morgan fingerprint density at radius 3 is 2.50 bits per heavy atom. The minimum atomic E-state index is -0.250. The number of nitrogens with one attached hydrogen (secondary N) is 1. The second-order valence-corrected chi connectivity index (χ2v) is 7.22. The topological polar surface area (TPSA) is 54.3 Å². The van der Waals surface area contributed by atoms with Crippen LogP contribution in [0, 0.1) is 0 Å². The van der Waals surface area contributed by atoms with Gasteiger partial charge >= 0.3 is 0 Å². The van der Waals surface area contributed by atoms with E-state index in [9.17, 15) is 9.59 Å². The van der Waals surface area contributed by atoms with Crippen molar-refractivity contribution < 1.29 is 9.59 Å². The Bertz CT molecular complexity index is 784. The average molecular weight is 413 g/mol. The highest BCUT2D eigenvalue weighted by molar-refractivity contribution is 9.10. The van der Waals surface area contributed by atoms with Crippen LogP contribution in [-0.4, -0.2) is 35.4 Å². The fourth-order valence-corrected chi connectivity index (χ4v) is 2.89. The van der Waals surface area contributed by atoms with E-state index in [2.05, 4.69) is 21.2 Å². The van der Waals surface area contributed by atoms with Crippen molar-refractivity contribution in [3.63, 3.8) is 0 Å². The summed E-state index contributed by atoms with van der Waals surface area (Å²) in [6.45, 7) is 4.00. The van der Waals surface area contributed by atoms with Crippen molar-refractivity contribution in [2.45, 2.75) is 19.9 Å². The summed E-state index contributed by atoms with van der Waals surface area (Å²) in [5, 5.41) is 3.17. The summed E-state index contributed by atoms with van der Waals surface area (Å²) in [6, 6.07) is 6.76. The normalized spacial score (nSPS) is 10.8. The minimum Gasteiger partial charge on any atom is -0.345 e. The number of hydrogen-bond acceptors (Lipinski definition) is 2. The Morgan fingerprint density at radius 1 is 1.25 bits per heavy atom.